The molecule has 0 saturated carbocycles. The highest BCUT2D eigenvalue weighted by Crippen LogP contribution is 2.22. The molecule has 92 valence electrons. The Balaban J connectivity index is 2.88. The molecular weight excluding hydrogens is 210 g/mol. The van der Waals surface area contributed by atoms with Crippen molar-refractivity contribution >= 4 is 0 Å². The molecule has 0 bridgehead atoms. The van der Waals surface area contributed by atoms with Crippen LogP contribution in [0.4, 0.5) is 0 Å². The second-order valence-electron chi connectivity index (χ2n) is 4.54. The van der Waals surface area contributed by atoms with Crippen LogP contribution >= 0.6 is 0 Å². The fraction of sp³-hybridized carbons (Fsp3) is 0.500. The number of hydrogen-bond acceptors (Lipinski definition) is 3. The third kappa shape index (κ3) is 3.55. The van der Waals surface area contributed by atoms with E-state index < -0.39 is 0 Å². The van der Waals surface area contributed by atoms with Crippen LogP contribution in [-0.2, 0) is 0 Å². The number of aryl methyl sites for hydroxylation is 1. The van der Waals surface area contributed by atoms with Crippen LogP contribution in [0.3, 0.4) is 0 Å². The van der Waals surface area contributed by atoms with E-state index in [0.717, 1.165) is 0 Å². The number of nitrogens with two attached hydrogens (primary N) is 1. The second-order valence-corrected chi connectivity index (χ2v) is 4.54. The average molecular weight is 231 g/mol. The number of nitrogens with zero attached hydrogens (tertiary/aromatic N) is 2. The Morgan fingerprint density at radius 3 is 2.71 bits per heavy atom. The van der Waals surface area contributed by atoms with Crippen molar-refractivity contribution in [2.24, 2.45) is 5.73 Å². The summed E-state index contributed by atoms with van der Waals surface area (Å²) in [5, 5.41) is 8.75. The summed E-state index contributed by atoms with van der Waals surface area (Å²) < 4.78 is 0. The van der Waals surface area contributed by atoms with E-state index in [2.05, 4.69) is 49.1 Å². The maximum atomic E-state index is 8.75. The molecule has 1 aromatic rings. The summed E-state index contributed by atoms with van der Waals surface area (Å²) in [7, 11) is 2.03. The summed E-state index contributed by atoms with van der Waals surface area (Å²) in [6.45, 7) is 4.70. The number of likely N-dealkylation sites (N-methyl/N-ethyl adjacent to an activating group) is 1. The third-order valence-corrected chi connectivity index (χ3v) is 3.22. The Hall–Kier alpha value is -1.37. The van der Waals surface area contributed by atoms with Crippen molar-refractivity contribution in [3.8, 4) is 6.07 Å². The Bertz CT molecular complexity index is 395. The standard InChI is InChI=1S/C14H21N3/c1-11-5-4-6-13(9-11)14(10-16)17(3)12(2)7-8-15/h4-6,9,12,14H,7,10,16H2,1-3H3. The van der Waals surface area contributed by atoms with Gasteiger partial charge in [0.15, 0.2) is 0 Å². The molecule has 0 heterocycles. The zero-order valence-corrected chi connectivity index (χ0v) is 10.9. The predicted molar refractivity (Wildman–Crippen MR) is 70.4 cm³/mol. The lowest BCUT2D eigenvalue weighted by Crippen LogP contribution is -2.36. The van der Waals surface area contributed by atoms with Gasteiger partial charge in [0.1, 0.15) is 0 Å². The Morgan fingerprint density at radius 2 is 2.18 bits per heavy atom. The fourth-order valence-corrected chi connectivity index (χ4v) is 2.00. The van der Waals surface area contributed by atoms with Crippen molar-refractivity contribution in [3.05, 3.63) is 35.4 Å². The van der Waals surface area contributed by atoms with Gasteiger partial charge in [-0.2, -0.15) is 5.26 Å². The lowest BCUT2D eigenvalue weighted by atomic mass is 10.0. The van der Waals surface area contributed by atoms with Crippen LogP contribution < -0.4 is 5.73 Å². The molecule has 1 rings (SSSR count). The number of benzene rings is 1. The largest absolute Gasteiger partial charge is 0.329 e. The van der Waals surface area contributed by atoms with Crippen molar-refractivity contribution in [2.75, 3.05) is 13.6 Å². The summed E-state index contributed by atoms with van der Waals surface area (Å²) in [5.74, 6) is 0. The van der Waals surface area contributed by atoms with E-state index in [9.17, 15) is 0 Å². The molecule has 0 aliphatic carbocycles. The Kier molecular flexibility index (Phi) is 5.14. The Morgan fingerprint density at radius 1 is 1.47 bits per heavy atom. The van der Waals surface area contributed by atoms with Crippen LogP contribution in [0.5, 0.6) is 0 Å². The molecule has 3 heteroatoms. The first kappa shape index (κ1) is 13.7. The summed E-state index contributed by atoms with van der Waals surface area (Å²) >= 11 is 0. The maximum absolute atomic E-state index is 8.75. The monoisotopic (exact) mass is 231 g/mol. The van der Waals surface area contributed by atoms with Gasteiger partial charge in [0.2, 0.25) is 0 Å². The van der Waals surface area contributed by atoms with Gasteiger partial charge in [-0.25, -0.2) is 0 Å². The highest BCUT2D eigenvalue weighted by molar-refractivity contribution is 5.25. The van der Waals surface area contributed by atoms with Crippen molar-refractivity contribution in [3.63, 3.8) is 0 Å². The molecule has 3 nitrogen and oxygen atoms in total. The van der Waals surface area contributed by atoms with Gasteiger partial charge >= 0.3 is 0 Å². The molecule has 1 aromatic carbocycles. The summed E-state index contributed by atoms with van der Waals surface area (Å²) in [5.41, 5.74) is 8.33. The summed E-state index contributed by atoms with van der Waals surface area (Å²) in [4.78, 5) is 2.18. The van der Waals surface area contributed by atoms with Gasteiger partial charge in [-0.15, -0.1) is 0 Å². The summed E-state index contributed by atoms with van der Waals surface area (Å²) in [6.07, 6.45) is 0.527. The maximum Gasteiger partial charge on any atom is 0.0638 e. The van der Waals surface area contributed by atoms with Crippen LogP contribution in [0.1, 0.15) is 30.5 Å². The van der Waals surface area contributed by atoms with E-state index >= 15 is 0 Å². The molecule has 0 aliphatic rings. The smallest absolute Gasteiger partial charge is 0.0638 e. The highest BCUT2D eigenvalue weighted by Gasteiger charge is 2.19. The van der Waals surface area contributed by atoms with Gasteiger partial charge in [0.05, 0.1) is 12.5 Å². The molecular formula is C14H21N3. The minimum Gasteiger partial charge on any atom is -0.329 e. The van der Waals surface area contributed by atoms with Crippen molar-refractivity contribution in [1.29, 1.82) is 5.26 Å². The topological polar surface area (TPSA) is 53.0 Å². The zero-order chi connectivity index (χ0) is 12.8. The van der Waals surface area contributed by atoms with Gasteiger partial charge in [-0.05, 0) is 26.5 Å². The predicted octanol–water partition coefficient (Wildman–Crippen LogP) is 2.23. The van der Waals surface area contributed by atoms with E-state index in [1.54, 1.807) is 0 Å². The van der Waals surface area contributed by atoms with Crippen LogP contribution in [0.15, 0.2) is 24.3 Å². The SMILES string of the molecule is Cc1cccc(C(CN)N(C)C(C)CC#N)c1. The summed E-state index contributed by atoms with van der Waals surface area (Å²) in [6, 6.07) is 11.0. The molecule has 0 fully saturated rings. The first-order valence-electron chi connectivity index (χ1n) is 5.95. The lowest BCUT2D eigenvalue weighted by Gasteiger charge is -2.31. The van der Waals surface area contributed by atoms with E-state index in [1.165, 1.54) is 11.1 Å². The molecule has 0 radical (unpaired) electrons. The molecule has 0 spiro atoms. The minimum atomic E-state index is 0.179. The molecule has 0 aromatic heterocycles. The van der Waals surface area contributed by atoms with E-state index in [0.29, 0.717) is 13.0 Å². The van der Waals surface area contributed by atoms with Crippen molar-refractivity contribution < 1.29 is 0 Å². The number of rotatable bonds is 5. The van der Waals surface area contributed by atoms with Crippen molar-refractivity contribution in [2.45, 2.75) is 32.4 Å². The van der Waals surface area contributed by atoms with Gasteiger partial charge in [-0.3, -0.25) is 4.90 Å². The van der Waals surface area contributed by atoms with Gasteiger partial charge < -0.3 is 5.73 Å². The van der Waals surface area contributed by atoms with Crippen LogP contribution in [-0.4, -0.2) is 24.5 Å². The first-order valence-corrected chi connectivity index (χ1v) is 5.95. The normalized spacial score (nSPS) is 14.4. The van der Waals surface area contributed by atoms with Gasteiger partial charge in [0, 0.05) is 18.6 Å². The van der Waals surface area contributed by atoms with Gasteiger partial charge in [-0.1, -0.05) is 29.8 Å². The van der Waals surface area contributed by atoms with Crippen LogP contribution in [0.25, 0.3) is 0 Å². The third-order valence-electron chi connectivity index (χ3n) is 3.22. The molecule has 0 amide bonds. The van der Waals surface area contributed by atoms with Crippen LogP contribution in [0.2, 0.25) is 0 Å². The zero-order valence-electron chi connectivity index (χ0n) is 10.9. The highest BCUT2D eigenvalue weighted by atomic mass is 15.2. The molecule has 0 aliphatic heterocycles. The first-order chi connectivity index (χ1) is 8.10. The van der Waals surface area contributed by atoms with E-state index in [-0.39, 0.29) is 12.1 Å². The molecule has 2 unspecified atom stereocenters. The number of hydrogen-bond donors (Lipinski definition) is 1. The quantitative estimate of drug-likeness (QED) is 0.845. The Labute approximate surface area is 104 Å². The van der Waals surface area contributed by atoms with E-state index in [4.69, 9.17) is 11.0 Å². The molecule has 2 atom stereocenters. The fourth-order valence-electron chi connectivity index (χ4n) is 2.00. The molecule has 0 saturated heterocycles. The average Bonchev–Trinajstić information content (AvgIpc) is 2.30. The van der Waals surface area contributed by atoms with Gasteiger partial charge in [0.25, 0.3) is 0 Å². The minimum absolute atomic E-state index is 0.179. The van der Waals surface area contributed by atoms with Crippen molar-refractivity contribution in [1.82, 2.24) is 4.90 Å². The number of nitriles is 1. The van der Waals surface area contributed by atoms with Crippen LogP contribution in [0, 0.1) is 18.3 Å². The molecule has 2 N–H and O–H groups in total. The molecule has 17 heavy (non-hydrogen) atoms. The second kappa shape index (κ2) is 6.39. The van der Waals surface area contributed by atoms with E-state index in [1.807, 2.05) is 7.05 Å². The lowest BCUT2D eigenvalue weighted by molar-refractivity contribution is 0.191.